The number of rotatable bonds is 2. The second kappa shape index (κ2) is 5.01. The number of fused-ring (bicyclic) bond motifs is 1. The van der Waals surface area contributed by atoms with E-state index in [4.69, 9.17) is 4.74 Å². The quantitative estimate of drug-likeness (QED) is 0.788. The molecule has 116 valence electrons. The van der Waals surface area contributed by atoms with E-state index >= 15 is 0 Å². The molecule has 0 bridgehead atoms. The van der Waals surface area contributed by atoms with Crippen LogP contribution in [0.2, 0.25) is 0 Å². The molecule has 3 heteroatoms. The Morgan fingerprint density at radius 2 is 1.85 bits per heavy atom. The Bertz CT molecular complexity index is 386. The highest BCUT2D eigenvalue weighted by Crippen LogP contribution is 2.61. The maximum absolute atomic E-state index is 11.2. The van der Waals surface area contributed by atoms with Gasteiger partial charge in [0, 0.05) is 12.8 Å². The van der Waals surface area contributed by atoms with Gasteiger partial charge in [-0.3, -0.25) is 4.79 Å². The van der Waals surface area contributed by atoms with Crippen LogP contribution in [0.25, 0.3) is 0 Å². The molecule has 0 aromatic carbocycles. The van der Waals surface area contributed by atoms with Crippen molar-refractivity contribution >= 4 is 5.97 Å². The monoisotopic (exact) mass is 282 g/mol. The van der Waals surface area contributed by atoms with Crippen molar-refractivity contribution in [2.75, 3.05) is 6.61 Å². The topological polar surface area (TPSA) is 46.5 Å². The van der Waals surface area contributed by atoms with Crippen LogP contribution in [-0.4, -0.2) is 23.3 Å². The van der Waals surface area contributed by atoms with Crippen molar-refractivity contribution in [1.82, 2.24) is 0 Å². The van der Waals surface area contributed by atoms with Crippen molar-refractivity contribution in [1.29, 1.82) is 0 Å². The first kappa shape index (κ1) is 15.8. The Morgan fingerprint density at radius 1 is 1.20 bits per heavy atom. The minimum absolute atomic E-state index is 0.0391. The summed E-state index contributed by atoms with van der Waals surface area (Å²) in [6, 6.07) is 0. The number of hydrogen-bond donors (Lipinski definition) is 1. The summed E-state index contributed by atoms with van der Waals surface area (Å²) in [5.41, 5.74) is -0.342. The van der Waals surface area contributed by atoms with Gasteiger partial charge in [-0.25, -0.2) is 0 Å². The van der Waals surface area contributed by atoms with Gasteiger partial charge in [0.25, 0.3) is 0 Å². The van der Waals surface area contributed by atoms with Crippen molar-refractivity contribution in [2.24, 2.45) is 22.7 Å². The average molecular weight is 282 g/mol. The lowest BCUT2D eigenvalue weighted by Gasteiger charge is -2.60. The van der Waals surface area contributed by atoms with E-state index in [1.807, 2.05) is 6.92 Å². The average Bonchev–Trinajstić information content (AvgIpc) is 2.25. The number of hydrogen-bond acceptors (Lipinski definition) is 3. The van der Waals surface area contributed by atoms with Crippen LogP contribution in [0.4, 0.5) is 0 Å². The fraction of sp³-hybridized carbons (Fsp3) is 0.941. The van der Waals surface area contributed by atoms with Crippen LogP contribution in [0.3, 0.4) is 0 Å². The van der Waals surface area contributed by atoms with E-state index in [9.17, 15) is 9.90 Å². The molecule has 1 unspecified atom stereocenters. The maximum atomic E-state index is 11.2. The van der Waals surface area contributed by atoms with Crippen LogP contribution in [0.15, 0.2) is 0 Å². The SMILES string of the molecule is CC(=O)OC[C@@H]1[C@@](C)(O)CCC2C(C)(C)CCC[C@]21C. The summed E-state index contributed by atoms with van der Waals surface area (Å²) >= 11 is 0. The summed E-state index contributed by atoms with van der Waals surface area (Å²) in [6.45, 7) is 10.7. The second-order valence-corrected chi connectivity index (χ2v) is 8.15. The Hall–Kier alpha value is -0.570. The fourth-order valence-electron chi connectivity index (χ4n) is 5.20. The molecule has 2 saturated carbocycles. The molecule has 2 fully saturated rings. The van der Waals surface area contributed by atoms with Crippen LogP contribution in [0.1, 0.15) is 66.7 Å². The van der Waals surface area contributed by atoms with E-state index in [2.05, 4.69) is 20.8 Å². The smallest absolute Gasteiger partial charge is 0.302 e. The van der Waals surface area contributed by atoms with Gasteiger partial charge in [0.1, 0.15) is 0 Å². The molecule has 2 aliphatic rings. The first-order valence-corrected chi connectivity index (χ1v) is 7.95. The normalized spacial score (nSPS) is 43.7. The minimum atomic E-state index is -0.728. The molecule has 2 aliphatic carbocycles. The van der Waals surface area contributed by atoms with E-state index < -0.39 is 5.60 Å². The molecule has 0 radical (unpaired) electrons. The van der Waals surface area contributed by atoms with Crippen molar-refractivity contribution < 1.29 is 14.6 Å². The molecule has 4 atom stereocenters. The molecule has 0 aromatic heterocycles. The van der Waals surface area contributed by atoms with Gasteiger partial charge in [0.2, 0.25) is 0 Å². The molecule has 0 amide bonds. The highest BCUT2D eigenvalue weighted by molar-refractivity contribution is 5.65. The van der Waals surface area contributed by atoms with E-state index in [1.165, 1.54) is 19.8 Å². The van der Waals surface area contributed by atoms with Crippen molar-refractivity contribution in [3.8, 4) is 0 Å². The predicted molar refractivity (Wildman–Crippen MR) is 79.2 cm³/mol. The molecule has 2 rings (SSSR count). The van der Waals surface area contributed by atoms with E-state index in [1.54, 1.807) is 0 Å². The Balaban J connectivity index is 2.30. The molecule has 0 saturated heterocycles. The zero-order valence-corrected chi connectivity index (χ0v) is 13.7. The lowest BCUT2D eigenvalue weighted by molar-refractivity contribution is -0.188. The third-order valence-corrected chi connectivity index (χ3v) is 6.22. The number of carbonyl (C=O) groups is 1. The third kappa shape index (κ3) is 2.61. The highest BCUT2D eigenvalue weighted by atomic mass is 16.5. The second-order valence-electron chi connectivity index (χ2n) is 8.15. The van der Waals surface area contributed by atoms with Crippen molar-refractivity contribution in [2.45, 2.75) is 72.3 Å². The van der Waals surface area contributed by atoms with E-state index in [-0.39, 0.29) is 17.3 Å². The molecule has 3 nitrogen and oxygen atoms in total. The van der Waals surface area contributed by atoms with Crippen molar-refractivity contribution in [3.63, 3.8) is 0 Å². The standard InChI is InChI=1S/C17H30O3/c1-12(18)20-11-14-16(4)9-6-8-15(2,3)13(16)7-10-17(14,5)19/h13-14,19H,6-11H2,1-5H3/t13?,14-,16+,17-/m0/s1. The van der Waals surface area contributed by atoms with Gasteiger partial charge in [-0.15, -0.1) is 0 Å². The van der Waals surface area contributed by atoms with Crippen LogP contribution in [0, 0.1) is 22.7 Å². The fourth-order valence-corrected chi connectivity index (χ4v) is 5.20. The lowest BCUT2D eigenvalue weighted by atomic mass is 9.46. The summed E-state index contributed by atoms with van der Waals surface area (Å²) in [4.78, 5) is 11.2. The number of aliphatic hydroxyl groups is 1. The Labute approximate surface area is 123 Å². The van der Waals surface area contributed by atoms with Gasteiger partial charge >= 0.3 is 5.97 Å². The van der Waals surface area contributed by atoms with Gasteiger partial charge in [-0.1, -0.05) is 27.2 Å². The van der Waals surface area contributed by atoms with E-state index in [0.29, 0.717) is 17.9 Å². The number of ether oxygens (including phenoxy) is 1. The summed E-state index contributed by atoms with van der Waals surface area (Å²) < 4.78 is 5.30. The number of esters is 1. The molecule has 20 heavy (non-hydrogen) atoms. The van der Waals surface area contributed by atoms with Crippen LogP contribution in [-0.2, 0) is 9.53 Å². The Kier molecular flexibility index (Phi) is 3.96. The number of carbonyl (C=O) groups excluding carboxylic acids is 1. The molecule has 0 heterocycles. The first-order valence-electron chi connectivity index (χ1n) is 7.95. The van der Waals surface area contributed by atoms with Crippen molar-refractivity contribution in [3.05, 3.63) is 0 Å². The van der Waals surface area contributed by atoms with Gasteiger partial charge < -0.3 is 9.84 Å². The first-order chi connectivity index (χ1) is 9.09. The summed E-state index contributed by atoms with van der Waals surface area (Å²) in [5.74, 6) is 0.392. The van der Waals surface area contributed by atoms with Gasteiger partial charge in [0.05, 0.1) is 12.2 Å². The molecule has 0 aliphatic heterocycles. The molecular weight excluding hydrogens is 252 g/mol. The third-order valence-electron chi connectivity index (χ3n) is 6.22. The lowest BCUT2D eigenvalue weighted by Crippen LogP contribution is -2.59. The van der Waals surface area contributed by atoms with Crippen LogP contribution < -0.4 is 0 Å². The maximum Gasteiger partial charge on any atom is 0.302 e. The summed E-state index contributed by atoms with van der Waals surface area (Å²) in [7, 11) is 0. The van der Waals surface area contributed by atoms with Gasteiger partial charge in [0.15, 0.2) is 0 Å². The largest absolute Gasteiger partial charge is 0.465 e. The minimum Gasteiger partial charge on any atom is -0.465 e. The molecular formula is C17H30O3. The molecule has 0 aromatic rings. The van der Waals surface area contributed by atoms with Crippen LogP contribution in [0.5, 0.6) is 0 Å². The van der Waals surface area contributed by atoms with Gasteiger partial charge in [-0.2, -0.15) is 0 Å². The van der Waals surface area contributed by atoms with E-state index in [0.717, 1.165) is 19.3 Å². The Morgan fingerprint density at radius 3 is 2.45 bits per heavy atom. The highest BCUT2D eigenvalue weighted by Gasteiger charge is 2.58. The molecule has 0 spiro atoms. The zero-order chi connectivity index (χ0) is 15.2. The zero-order valence-electron chi connectivity index (χ0n) is 13.7. The molecule has 1 N–H and O–H groups in total. The predicted octanol–water partition coefficient (Wildman–Crippen LogP) is 3.54. The summed E-state index contributed by atoms with van der Waals surface area (Å²) in [6.07, 6.45) is 5.47. The van der Waals surface area contributed by atoms with Gasteiger partial charge in [-0.05, 0) is 49.4 Å². The summed E-state index contributed by atoms with van der Waals surface area (Å²) in [5, 5.41) is 10.8. The van der Waals surface area contributed by atoms with Crippen LogP contribution >= 0.6 is 0 Å².